The molecule has 1 aromatic carbocycles. The second-order valence-corrected chi connectivity index (χ2v) is 5.18. The fourth-order valence-corrected chi connectivity index (χ4v) is 2.45. The first-order valence-corrected chi connectivity index (χ1v) is 6.61. The van der Waals surface area contributed by atoms with E-state index >= 15 is 0 Å². The molecule has 0 amide bonds. The van der Waals surface area contributed by atoms with Crippen LogP contribution < -0.4 is 16.0 Å². The molecule has 1 heterocycles. The molecule has 0 spiro atoms. The Morgan fingerprint density at radius 3 is 2.50 bits per heavy atom. The summed E-state index contributed by atoms with van der Waals surface area (Å²) in [5, 5.41) is 0. The Kier molecular flexibility index (Phi) is 3.45. The zero-order valence-electron chi connectivity index (χ0n) is 9.37. The molecule has 0 bridgehead atoms. The van der Waals surface area contributed by atoms with E-state index in [0.717, 1.165) is 0 Å². The van der Waals surface area contributed by atoms with E-state index in [2.05, 4.69) is 15.1 Å². The topological polar surface area (TPSA) is 97.1 Å². The number of nitrogens with one attached hydrogen (secondary N) is 2. The number of nitrogens with two attached hydrogens (primary N) is 1. The van der Waals surface area contributed by atoms with Crippen molar-refractivity contribution in [3.05, 3.63) is 48.7 Å². The molecule has 94 valence electrons. The van der Waals surface area contributed by atoms with Gasteiger partial charge in [-0.2, -0.15) is 0 Å². The van der Waals surface area contributed by atoms with Crippen molar-refractivity contribution in [2.24, 2.45) is 5.84 Å². The van der Waals surface area contributed by atoms with Crippen LogP contribution in [-0.2, 0) is 10.0 Å². The summed E-state index contributed by atoms with van der Waals surface area (Å²) in [6, 6.07) is 11.4. The summed E-state index contributed by atoms with van der Waals surface area (Å²) >= 11 is 0. The van der Waals surface area contributed by atoms with Gasteiger partial charge in [0.15, 0.2) is 0 Å². The molecule has 0 aliphatic rings. The summed E-state index contributed by atoms with van der Waals surface area (Å²) in [6.45, 7) is 0. The molecule has 0 saturated carbocycles. The van der Waals surface area contributed by atoms with Gasteiger partial charge in [-0.15, -0.1) is 0 Å². The molecule has 0 radical (unpaired) electrons. The van der Waals surface area contributed by atoms with Crippen molar-refractivity contribution >= 4 is 21.5 Å². The summed E-state index contributed by atoms with van der Waals surface area (Å²) in [5.74, 6) is 5.47. The van der Waals surface area contributed by atoms with Crippen LogP contribution in [-0.4, -0.2) is 13.4 Å². The highest BCUT2D eigenvalue weighted by Gasteiger charge is 2.14. The average Bonchev–Trinajstić information content (AvgIpc) is 2.39. The number of aromatic nitrogens is 1. The molecule has 0 unspecified atom stereocenters. The van der Waals surface area contributed by atoms with Crippen molar-refractivity contribution in [2.45, 2.75) is 4.90 Å². The van der Waals surface area contributed by atoms with Gasteiger partial charge in [0.25, 0.3) is 10.0 Å². The molecular weight excluding hydrogens is 252 g/mol. The number of benzene rings is 1. The average molecular weight is 264 g/mol. The number of nitrogen functional groups attached to an aromatic ring is 1. The lowest BCUT2D eigenvalue weighted by Gasteiger charge is -2.08. The molecule has 1 aromatic heterocycles. The summed E-state index contributed by atoms with van der Waals surface area (Å²) in [6.07, 6.45) is 1.37. The fraction of sp³-hybridized carbons (Fsp3) is 0. The van der Waals surface area contributed by atoms with Crippen molar-refractivity contribution in [3.63, 3.8) is 0 Å². The van der Waals surface area contributed by atoms with E-state index in [9.17, 15) is 8.42 Å². The summed E-state index contributed by atoms with van der Waals surface area (Å²) in [4.78, 5) is 3.94. The number of hydrazine groups is 1. The maximum Gasteiger partial charge on any atom is 0.262 e. The zero-order valence-corrected chi connectivity index (χ0v) is 10.2. The lowest BCUT2D eigenvalue weighted by atomic mass is 10.3. The molecule has 4 N–H and O–H groups in total. The summed E-state index contributed by atoms with van der Waals surface area (Å²) < 4.78 is 26.6. The number of para-hydroxylation sites is 1. The van der Waals surface area contributed by atoms with Crippen molar-refractivity contribution in [1.82, 2.24) is 4.98 Å². The smallest absolute Gasteiger partial charge is 0.262 e. The zero-order chi connectivity index (χ0) is 13.0. The summed E-state index contributed by atoms with van der Waals surface area (Å²) in [5.41, 5.74) is 2.80. The molecular formula is C11H12N4O2S. The van der Waals surface area contributed by atoms with E-state index in [4.69, 9.17) is 5.84 Å². The van der Waals surface area contributed by atoms with E-state index < -0.39 is 10.0 Å². The molecule has 7 heteroatoms. The maximum atomic E-state index is 12.1. The van der Waals surface area contributed by atoms with Crippen LogP contribution in [0.5, 0.6) is 0 Å². The van der Waals surface area contributed by atoms with Gasteiger partial charge in [0.1, 0.15) is 5.82 Å². The quantitative estimate of drug-likeness (QED) is 0.569. The number of rotatable bonds is 4. The standard InChI is InChI=1S/C11H12N4O2S/c12-14-11-8-10(6-7-13-11)18(16,17)15-9-4-2-1-3-5-9/h1-8,15H,12H2,(H,13,14). The van der Waals surface area contributed by atoms with E-state index in [-0.39, 0.29) is 10.7 Å². The molecule has 0 saturated heterocycles. The lowest BCUT2D eigenvalue weighted by molar-refractivity contribution is 0.601. The number of nitrogens with zero attached hydrogens (tertiary/aromatic N) is 1. The van der Waals surface area contributed by atoms with Gasteiger partial charge in [-0.1, -0.05) is 18.2 Å². The fourth-order valence-electron chi connectivity index (χ4n) is 1.38. The SMILES string of the molecule is NNc1cc(S(=O)(=O)Nc2ccccc2)ccn1. The van der Waals surface area contributed by atoms with Crippen LogP contribution in [0.15, 0.2) is 53.6 Å². The van der Waals surface area contributed by atoms with E-state index in [1.165, 1.54) is 18.3 Å². The van der Waals surface area contributed by atoms with Crippen LogP contribution in [0.1, 0.15) is 0 Å². The van der Waals surface area contributed by atoms with Crippen LogP contribution >= 0.6 is 0 Å². The Labute approximate surface area is 105 Å². The predicted octanol–water partition coefficient (Wildman–Crippen LogP) is 1.17. The molecule has 0 atom stereocenters. The maximum absolute atomic E-state index is 12.1. The second kappa shape index (κ2) is 5.03. The van der Waals surface area contributed by atoms with Gasteiger partial charge in [-0.05, 0) is 18.2 Å². The van der Waals surface area contributed by atoms with Gasteiger partial charge >= 0.3 is 0 Å². The first-order chi connectivity index (χ1) is 8.62. The molecule has 6 nitrogen and oxygen atoms in total. The molecule has 0 fully saturated rings. The van der Waals surface area contributed by atoms with Crippen LogP contribution in [0.4, 0.5) is 11.5 Å². The Morgan fingerprint density at radius 2 is 1.83 bits per heavy atom. The van der Waals surface area contributed by atoms with Crippen LogP contribution in [0, 0.1) is 0 Å². The Hall–Kier alpha value is -2.12. The number of anilines is 2. The van der Waals surface area contributed by atoms with Crippen LogP contribution in [0.2, 0.25) is 0 Å². The normalized spacial score (nSPS) is 10.9. The second-order valence-electron chi connectivity index (χ2n) is 3.49. The van der Waals surface area contributed by atoms with Crippen LogP contribution in [0.3, 0.4) is 0 Å². The van der Waals surface area contributed by atoms with Gasteiger partial charge in [-0.25, -0.2) is 19.2 Å². The Balaban J connectivity index is 2.31. The van der Waals surface area contributed by atoms with Gasteiger partial charge in [0.2, 0.25) is 0 Å². The monoisotopic (exact) mass is 264 g/mol. The number of pyridine rings is 1. The number of sulfonamides is 1. The van der Waals surface area contributed by atoms with Gasteiger partial charge in [0.05, 0.1) is 4.90 Å². The highest BCUT2D eigenvalue weighted by atomic mass is 32.2. The minimum Gasteiger partial charge on any atom is -0.308 e. The van der Waals surface area contributed by atoms with Crippen molar-refractivity contribution in [1.29, 1.82) is 0 Å². The van der Waals surface area contributed by atoms with Gasteiger partial charge < -0.3 is 5.43 Å². The minimum atomic E-state index is -3.63. The third-order valence-electron chi connectivity index (χ3n) is 2.22. The largest absolute Gasteiger partial charge is 0.308 e. The molecule has 2 aromatic rings. The van der Waals surface area contributed by atoms with Crippen molar-refractivity contribution in [2.75, 3.05) is 10.1 Å². The Morgan fingerprint density at radius 1 is 1.11 bits per heavy atom. The minimum absolute atomic E-state index is 0.0919. The predicted molar refractivity (Wildman–Crippen MR) is 69.3 cm³/mol. The summed E-state index contributed by atoms with van der Waals surface area (Å²) in [7, 11) is -3.63. The highest BCUT2D eigenvalue weighted by molar-refractivity contribution is 7.92. The molecule has 2 rings (SSSR count). The van der Waals surface area contributed by atoms with Crippen LogP contribution in [0.25, 0.3) is 0 Å². The highest BCUT2D eigenvalue weighted by Crippen LogP contribution is 2.16. The van der Waals surface area contributed by atoms with E-state index in [1.807, 2.05) is 0 Å². The van der Waals surface area contributed by atoms with E-state index in [1.54, 1.807) is 30.3 Å². The van der Waals surface area contributed by atoms with Gasteiger partial charge in [0, 0.05) is 18.0 Å². The van der Waals surface area contributed by atoms with Crippen molar-refractivity contribution < 1.29 is 8.42 Å². The molecule has 18 heavy (non-hydrogen) atoms. The molecule has 0 aliphatic carbocycles. The van der Waals surface area contributed by atoms with Gasteiger partial charge in [-0.3, -0.25) is 4.72 Å². The van der Waals surface area contributed by atoms with E-state index in [0.29, 0.717) is 5.69 Å². The Bertz CT molecular complexity index is 629. The third kappa shape index (κ3) is 2.76. The third-order valence-corrected chi connectivity index (χ3v) is 3.59. The number of hydrogen-bond acceptors (Lipinski definition) is 5. The van der Waals surface area contributed by atoms with Crippen molar-refractivity contribution in [3.8, 4) is 0 Å². The first kappa shape index (κ1) is 12.3. The molecule has 0 aliphatic heterocycles. The first-order valence-electron chi connectivity index (χ1n) is 5.12. The lowest BCUT2D eigenvalue weighted by Crippen LogP contribution is -2.14. The number of hydrogen-bond donors (Lipinski definition) is 3.